The summed E-state index contributed by atoms with van der Waals surface area (Å²) in [7, 11) is 1.62. The number of hydrogen-bond acceptors (Lipinski definition) is 3. The molecule has 0 heterocycles. The molecule has 0 radical (unpaired) electrons. The third kappa shape index (κ3) is 3.42. The van der Waals surface area contributed by atoms with Gasteiger partial charge in [-0.05, 0) is 30.3 Å². The fraction of sp³-hybridized carbons (Fsp3) is 0.769. The smallest absolute Gasteiger partial charge is 0.146 e. The van der Waals surface area contributed by atoms with Crippen LogP contribution in [0.4, 0.5) is 0 Å². The summed E-state index contributed by atoms with van der Waals surface area (Å²) in [5.41, 5.74) is 2.70. The van der Waals surface area contributed by atoms with Crippen LogP contribution in [0.2, 0.25) is 0 Å². The van der Waals surface area contributed by atoms with Crippen molar-refractivity contribution in [2.24, 2.45) is 5.41 Å². The highest BCUT2D eigenvalue weighted by atomic mass is 16.7. The molecular weight excluding hydrogens is 204 g/mol. The molecule has 0 bridgehead atoms. The molecule has 0 N–H and O–H groups in total. The van der Waals surface area contributed by atoms with E-state index in [1.54, 1.807) is 7.11 Å². The molecule has 1 rings (SSSR count). The van der Waals surface area contributed by atoms with Gasteiger partial charge in [0.15, 0.2) is 0 Å². The van der Waals surface area contributed by atoms with Crippen molar-refractivity contribution in [1.29, 1.82) is 0 Å². The average Bonchev–Trinajstić information content (AvgIpc) is 2.23. The topological polar surface area (TPSA) is 35.5 Å². The summed E-state index contributed by atoms with van der Waals surface area (Å²) in [5.74, 6) is 0. The highest BCUT2D eigenvalue weighted by Crippen LogP contribution is 2.41. The van der Waals surface area contributed by atoms with E-state index in [4.69, 9.17) is 9.47 Å². The lowest BCUT2D eigenvalue weighted by Crippen LogP contribution is -2.23. The molecule has 0 fully saturated rings. The lowest BCUT2D eigenvalue weighted by atomic mass is 9.71. The van der Waals surface area contributed by atoms with Gasteiger partial charge < -0.3 is 14.3 Å². The number of rotatable bonds is 6. The van der Waals surface area contributed by atoms with Crippen molar-refractivity contribution in [3.05, 3.63) is 11.1 Å². The largest absolute Gasteiger partial charge is 0.359 e. The molecule has 0 spiro atoms. The molecule has 3 heteroatoms. The summed E-state index contributed by atoms with van der Waals surface area (Å²) in [6, 6.07) is 0. The maximum absolute atomic E-state index is 10.7. The summed E-state index contributed by atoms with van der Waals surface area (Å²) >= 11 is 0. The van der Waals surface area contributed by atoms with Gasteiger partial charge in [-0.1, -0.05) is 19.4 Å². The molecule has 0 amide bonds. The lowest BCUT2D eigenvalue weighted by Gasteiger charge is -2.34. The number of methoxy groups -OCH3 is 1. The SMILES string of the molecule is COCOCC1=C(CC=O)C(C)(C)CCC1. The van der Waals surface area contributed by atoms with Crippen LogP contribution in [0.25, 0.3) is 0 Å². The van der Waals surface area contributed by atoms with Gasteiger partial charge in [0.25, 0.3) is 0 Å². The fourth-order valence-corrected chi connectivity index (χ4v) is 2.44. The van der Waals surface area contributed by atoms with E-state index >= 15 is 0 Å². The molecule has 16 heavy (non-hydrogen) atoms. The third-order valence-corrected chi connectivity index (χ3v) is 3.29. The van der Waals surface area contributed by atoms with Gasteiger partial charge in [0.05, 0.1) is 6.61 Å². The second-order valence-electron chi connectivity index (χ2n) is 4.95. The first kappa shape index (κ1) is 13.4. The van der Waals surface area contributed by atoms with Crippen molar-refractivity contribution in [2.45, 2.75) is 39.5 Å². The number of hydrogen-bond donors (Lipinski definition) is 0. The quantitative estimate of drug-likeness (QED) is 0.302. The van der Waals surface area contributed by atoms with Gasteiger partial charge in [-0.3, -0.25) is 0 Å². The molecule has 3 nitrogen and oxygen atoms in total. The van der Waals surface area contributed by atoms with Crippen LogP contribution in [0.15, 0.2) is 11.1 Å². The molecule has 1 aliphatic carbocycles. The third-order valence-electron chi connectivity index (χ3n) is 3.29. The minimum absolute atomic E-state index is 0.144. The van der Waals surface area contributed by atoms with Crippen LogP contribution < -0.4 is 0 Å². The first-order valence-electron chi connectivity index (χ1n) is 5.83. The Hall–Kier alpha value is -0.670. The number of allylic oxidation sites excluding steroid dienone is 1. The zero-order chi connectivity index (χ0) is 12.0. The number of carbonyl (C=O) groups excluding carboxylic acids is 1. The van der Waals surface area contributed by atoms with E-state index < -0.39 is 0 Å². The second-order valence-corrected chi connectivity index (χ2v) is 4.95. The summed E-state index contributed by atoms with van der Waals surface area (Å²) < 4.78 is 10.3. The van der Waals surface area contributed by atoms with Crippen LogP contribution in [0.1, 0.15) is 39.5 Å². The minimum atomic E-state index is 0.144. The zero-order valence-electron chi connectivity index (χ0n) is 10.5. The Morgan fingerprint density at radius 2 is 2.19 bits per heavy atom. The van der Waals surface area contributed by atoms with Crippen LogP contribution >= 0.6 is 0 Å². The number of aldehydes is 1. The van der Waals surface area contributed by atoms with Crippen molar-refractivity contribution in [1.82, 2.24) is 0 Å². The Bertz CT molecular complexity index is 266. The molecule has 0 saturated carbocycles. The highest BCUT2D eigenvalue weighted by molar-refractivity contribution is 5.56. The van der Waals surface area contributed by atoms with Crippen LogP contribution in [-0.4, -0.2) is 26.8 Å². The van der Waals surface area contributed by atoms with E-state index in [2.05, 4.69) is 13.8 Å². The van der Waals surface area contributed by atoms with E-state index in [-0.39, 0.29) is 5.41 Å². The van der Waals surface area contributed by atoms with Gasteiger partial charge in [-0.15, -0.1) is 0 Å². The van der Waals surface area contributed by atoms with Crippen LogP contribution in [0.5, 0.6) is 0 Å². The summed E-state index contributed by atoms with van der Waals surface area (Å²) in [6.45, 7) is 5.33. The molecule has 0 aromatic rings. The first-order chi connectivity index (χ1) is 7.61. The molecule has 0 saturated heterocycles. The van der Waals surface area contributed by atoms with Crippen molar-refractivity contribution in [3.63, 3.8) is 0 Å². The normalized spacial score (nSPS) is 19.9. The van der Waals surface area contributed by atoms with Crippen molar-refractivity contribution in [3.8, 4) is 0 Å². The number of carbonyl (C=O) groups is 1. The zero-order valence-corrected chi connectivity index (χ0v) is 10.5. The van der Waals surface area contributed by atoms with E-state index in [0.29, 0.717) is 19.8 Å². The maximum Gasteiger partial charge on any atom is 0.146 e. The van der Waals surface area contributed by atoms with Crippen LogP contribution in [0, 0.1) is 5.41 Å². The maximum atomic E-state index is 10.7. The Balaban J connectivity index is 2.75. The summed E-state index contributed by atoms with van der Waals surface area (Å²) in [5, 5.41) is 0. The predicted molar refractivity (Wildman–Crippen MR) is 63.2 cm³/mol. The van der Waals surface area contributed by atoms with E-state index in [0.717, 1.165) is 19.1 Å². The molecule has 0 aromatic carbocycles. The van der Waals surface area contributed by atoms with Gasteiger partial charge in [0.1, 0.15) is 13.1 Å². The average molecular weight is 226 g/mol. The van der Waals surface area contributed by atoms with Gasteiger partial charge in [0, 0.05) is 13.5 Å². The summed E-state index contributed by atoms with van der Waals surface area (Å²) in [6.07, 6.45) is 4.93. The molecule has 0 aliphatic heterocycles. The standard InChI is InChI=1S/C13H22O3/c1-13(2)7-4-5-11(9-16-10-15-3)12(13)6-8-14/h8H,4-7,9-10H2,1-3H3. The Kier molecular flexibility index (Phi) is 5.16. The van der Waals surface area contributed by atoms with Crippen LogP contribution in [-0.2, 0) is 14.3 Å². The van der Waals surface area contributed by atoms with Gasteiger partial charge in [-0.2, -0.15) is 0 Å². The molecule has 0 atom stereocenters. The number of ether oxygens (including phenoxy) is 2. The van der Waals surface area contributed by atoms with Crippen molar-refractivity contribution >= 4 is 6.29 Å². The van der Waals surface area contributed by atoms with Crippen molar-refractivity contribution in [2.75, 3.05) is 20.5 Å². The Morgan fingerprint density at radius 3 is 2.81 bits per heavy atom. The predicted octanol–water partition coefficient (Wildman–Crippen LogP) is 2.70. The van der Waals surface area contributed by atoms with E-state index in [9.17, 15) is 4.79 Å². The highest BCUT2D eigenvalue weighted by Gasteiger charge is 2.29. The minimum Gasteiger partial charge on any atom is -0.359 e. The monoisotopic (exact) mass is 226 g/mol. The molecule has 92 valence electrons. The molecule has 0 aromatic heterocycles. The summed E-state index contributed by atoms with van der Waals surface area (Å²) in [4.78, 5) is 10.7. The first-order valence-corrected chi connectivity index (χ1v) is 5.83. The Labute approximate surface area is 97.8 Å². The van der Waals surface area contributed by atoms with Gasteiger partial charge >= 0.3 is 0 Å². The van der Waals surface area contributed by atoms with E-state index in [1.165, 1.54) is 17.6 Å². The second kappa shape index (κ2) is 6.16. The Morgan fingerprint density at radius 1 is 1.44 bits per heavy atom. The van der Waals surface area contributed by atoms with Crippen molar-refractivity contribution < 1.29 is 14.3 Å². The fourth-order valence-electron chi connectivity index (χ4n) is 2.44. The molecule has 1 aliphatic rings. The van der Waals surface area contributed by atoms with Gasteiger partial charge in [-0.25, -0.2) is 0 Å². The lowest BCUT2D eigenvalue weighted by molar-refractivity contribution is -0.107. The van der Waals surface area contributed by atoms with Gasteiger partial charge in [0.2, 0.25) is 0 Å². The molecular formula is C13H22O3. The molecule has 0 unspecified atom stereocenters. The van der Waals surface area contributed by atoms with Crippen LogP contribution in [0.3, 0.4) is 0 Å². The van der Waals surface area contributed by atoms with E-state index in [1.807, 2.05) is 0 Å².